The minimum absolute atomic E-state index is 0.0343. The van der Waals surface area contributed by atoms with Gasteiger partial charge in [-0.3, -0.25) is 0 Å². The molecular weight excluding hydrogens is 305 g/mol. The van der Waals surface area contributed by atoms with Crippen LogP contribution in [0.1, 0.15) is 48.9 Å². The number of benzene rings is 1. The maximum atomic E-state index is 12.9. The zero-order chi connectivity index (χ0) is 17.2. The summed E-state index contributed by atoms with van der Waals surface area (Å²) >= 11 is 0. The lowest BCUT2D eigenvalue weighted by Crippen LogP contribution is -2.24. The third-order valence-corrected chi connectivity index (χ3v) is 4.31. The zero-order valence-electron chi connectivity index (χ0n) is 13.7. The van der Waals surface area contributed by atoms with Crippen molar-refractivity contribution in [1.82, 2.24) is 0 Å². The fourth-order valence-electron chi connectivity index (χ4n) is 2.95. The van der Waals surface area contributed by atoms with Crippen LogP contribution in [0, 0.1) is 23.1 Å². The van der Waals surface area contributed by atoms with Crippen LogP contribution in [0.25, 0.3) is 0 Å². The number of allylic oxidation sites excluding steroid dienone is 4. The molecule has 0 heterocycles. The van der Waals surface area contributed by atoms with E-state index in [-0.39, 0.29) is 17.9 Å². The van der Waals surface area contributed by atoms with Crippen molar-refractivity contribution < 1.29 is 13.9 Å². The quantitative estimate of drug-likeness (QED) is 0.421. The highest BCUT2D eigenvalue weighted by atomic mass is 19.1. The van der Waals surface area contributed by atoms with Gasteiger partial charge >= 0.3 is 5.97 Å². The van der Waals surface area contributed by atoms with Gasteiger partial charge in [0.2, 0.25) is 0 Å². The second kappa shape index (κ2) is 9.67. The highest BCUT2D eigenvalue weighted by molar-refractivity contribution is 5.89. The minimum Gasteiger partial charge on any atom is -0.459 e. The molecule has 1 aromatic carbocycles. The largest absolute Gasteiger partial charge is 0.459 e. The van der Waals surface area contributed by atoms with Crippen LogP contribution in [-0.4, -0.2) is 12.1 Å². The summed E-state index contributed by atoms with van der Waals surface area (Å²) in [5.41, 5.74) is 0.397. The Hall–Kier alpha value is -2.41. The number of ether oxygens (including phenoxy) is 1. The Labute approximate surface area is 142 Å². The molecule has 1 fully saturated rings. The monoisotopic (exact) mass is 327 g/mol. The van der Waals surface area contributed by atoms with E-state index in [4.69, 9.17) is 10.00 Å². The van der Waals surface area contributed by atoms with E-state index in [1.165, 1.54) is 30.3 Å². The highest BCUT2D eigenvalue weighted by Gasteiger charge is 2.23. The third-order valence-electron chi connectivity index (χ3n) is 4.31. The normalized spacial score (nSPS) is 21.0. The van der Waals surface area contributed by atoms with Gasteiger partial charge in [0.1, 0.15) is 11.9 Å². The number of hydrogen-bond acceptors (Lipinski definition) is 3. The molecule has 126 valence electrons. The van der Waals surface area contributed by atoms with Crippen molar-refractivity contribution in [2.24, 2.45) is 5.92 Å². The summed E-state index contributed by atoms with van der Waals surface area (Å²) in [5, 5.41) is 8.38. The summed E-state index contributed by atoms with van der Waals surface area (Å²) in [6.45, 7) is 0. The molecule has 1 aliphatic rings. The predicted molar refractivity (Wildman–Crippen MR) is 90.7 cm³/mol. The van der Waals surface area contributed by atoms with Gasteiger partial charge in [0, 0.05) is 6.08 Å². The molecule has 2 rings (SSSR count). The SMILES string of the molecule is N#CC=CC=CCCC1CCC(OC(=O)c2ccc(F)cc2)CC1. The summed E-state index contributed by atoms with van der Waals surface area (Å²) in [7, 11) is 0. The second-order valence-electron chi connectivity index (χ2n) is 6.05. The molecule has 0 amide bonds. The van der Waals surface area contributed by atoms with Crippen molar-refractivity contribution in [2.45, 2.75) is 44.6 Å². The minimum atomic E-state index is -0.370. The summed E-state index contributed by atoms with van der Waals surface area (Å²) < 4.78 is 18.4. The number of carbonyl (C=O) groups excluding carboxylic acids is 1. The molecule has 0 atom stereocenters. The molecule has 0 aliphatic heterocycles. The van der Waals surface area contributed by atoms with Crippen molar-refractivity contribution in [3.05, 3.63) is 60.0 Å². The summed E-state index contributed by atoms with van der Waals surface area (Å²) in [5.74, 6) is -0.0646. The first-order chi connectivity index (χ1) is 11.7. The Morgan fingerprint density at radius 2 is 1.92 bits per heavy atom. The van der Waals surface area contributed by atoms with Crippen LogP contribution in [0.2, 0.25) is 0 Å². The number of nitrogens with zero attached hydrogens (tertiary/aromatic N) is 1. The molecule has 0 N–H and O–H groups in total. The Morgan fingerprint density at radius 3 is 2.58 bits per heavy atom. The number of rotatable bonds is 6. The number of nitriles is 1. The predicted octanol–water partition coefficient (Wildman–Crippen LogP) is 4.96. The Balaban J connectivity index is 1.68. The van der Waals surface area contributed by atoms with E-state index in [1.807, 2.05) is 12.1 Å². The standard InChI is InChI=1S/C20H22FNO2/c21-18-11-9-17(10-12-18)20(23)24-19-13-7-16(8-14-19)6-4-2-1-3-5-15-22/h1-3,5,9-12,16,19H,4,6-8,13-14H2. The average Bonchev–Trinajstić information content (AvgIpc) is 2.60. The lowest BCUT2D eigenvalue weighted by molar-refractivity contribution is 0.0162. The van der Waals surface area contributed by atoms with Crippen LogP contribution in [0.3, 0.4) is 0 Å². The van der Waals surface area contributed by atoms with Gasteiger partial charge in [0.25, 0.3) is 0 Å². The Morgan fingerprint density at radius 1 is 1.21 bits per heavy atom. The van der Waals surface area contributed by atoms with Gasteiger partial charge in [-0.05, 0) is 68.7 Å². The van der Waals surface area contributed by atoms with Gasteiger partial charge in [-0.2, -0.15) is 5.26 Å². The molecular formula is C20H22FNO2. The maximum Gasteiger partial charge on any atom is 0.338 e. The van der Waals surface area contributed by atoms with Crippen LogP contribution >= 0.6 is 0 Å². The van der Waals surface area contributed by atoms with Crippen LogP contribution < -0.4 is 0 Å². The number of carbonyl (C=O) groups is 1. The fourth-order valence-corrected chi connectivity index (χ4v) is 2.95. The highest BCUT2D eigenvalue weighted by Crippen LogP contribution is 2.30. The first kappa shape index (κ1) is 17.9. The molecule has 0 spiro atoms. The molecule has 0 bridgehead atoms. The molecule has 1 aliphatic carbocycles. The van der Waals surface area contributed by atoms with E-state index < -0.39 is 0 Å². The van der Waals surface area contributed by atoms with Gasteiger partial charge in [0.15, 0.2) is 0 Å². The first-order valence-corrected chi connectivity index (χ1v) is 8.37. The molecule has 0 saturated heterocycles. The number of esters is 1. The number of hydrogen-bond donors (Lipinski definition) is 0. The smallest absolute Gasteiger partial charge is 0.338 e. The summed E-state index contributed by atoms with van der Waals surface area (Å²) in [4.78, 5) is 12.0. The Bertz CT molecular complexity index is 620. The lowest BCUT2D eigenvalue weighted by Gasteiger charge is -2.28. The van der Waals surface area contributed by atoms with Gasteiger partial charge in [0.05, 0.1) is 11.6 Å². The van der Waals surface area contributed by atoms with Crippen LogP contribution in [0.15, 0.2) is 48.6 Å². The maximum absolute atomic E-state index is 12.9. The van der Waals surface area contributed by atoms with Crippen molar-refractivity contribution in [2.75, 3.05) is 0 Å². The van der Waals surface area contributed by atoms with Gasteiger partial charge in [-0.15, -0.1) is 0 Å². The number of halogens is 1. The molecule has 4 heteroatoms. The van der Waals surface area contributed by atoms with E-state index >= 15 is 0 Å². The second-order valence-corrected chi connectivity index (χ2v) is 6.05. The molecule has 1 saturated carbocycles. The van der Waals surface area contributed by atoms with Gasteiger partial charge in [-0.1, -0.05) is 18.2 Å². The van der Waals surface area contributed by atoms with E-state index in [0.717, 1.165) is 38.5 Å². The van der Waals surface area contributed by atoms with Crippen LogP contribution in [0.4, 0.5) is 4.39 Å². The van der Waals surface area contributed by atoms with E-state index in [1.54, 1.807) is 6.08 Å². The van der Waals surface area contributed by atoms with E-state index in [0.29, 0.717) is 11.5 Å². The topological polar surface area (TPSA) is 50.1 Å². The average molecular weight is 327 g/mol. The molecule has 0 aromatic heterocycles. The first-order valence-electron chi connectivity index (χ1n) is 8.37. The molecule has 0 radical (unpaired) electrons. The summed E-state index contributed by atoms with van der Waals surface area (Å²) in [6, 6.07) is 7.40. The summed E-state index contributed by atoms with van der Waals surface area (Å²) in [6.07, 6.45) is 13.2. The Kier molecular flexibility index (Phi) is 7.22. The van der Waals surface area contributed by atoms with Crippen molar-refractivity contribution in [3.63, 3.8) is 0 Å². The molecule has 24 heavy (non-hydrogen) atoms. The van der Waals surface area contributed by atoms with E-state index in [2.05, 4.69) is 6.08 Å². The van der Waals surface area contributed by atoms with Crippen LogP contribution in [0.5, 0.6) is 0 Å². The zero-order valence-corrected chi connectivity index (χ0v) is 13.7. The van der Waals surface area contributed by atoms with Crippen molar-refractivity contribution >= 4 is 5.97 Å². The fraction of sp³-hybridized carbons (Fsp3) is 0.400. The van der Waals surface area contributed by atoms with Gasteiger partial charge in [-0.25, -0.2) is 9.18 Å². The van der Waals surface area contributed by atoms with Gasteiger partial charge < -0.3 is 4.74 Å². The van der Waals surface area contributed by atoms with Crippen molar-refractivity contribution in [1.29, 1.82) is 5.26 Å². The molecule has 3 nitrogen and oxygen atoms in total. The van der Waals surface area contributed by atoms with Crippen LogP contribution in [-0.2, 0) is 4.74 Å². The van der Waals surface area contributed by atoms with Crippen molar-refractivity contribution in [3.8, 4) is 6.07 Å². The third kappa shape index (κ3) is 6.00. The molecule has 1 aromatic rings. The van der Waals surface area contributed by atoms with E-state index in [9.17, 15) is 9.18 Å². The molecule has 0 unspecified atom stereocenters. The lowest BCUT2D eigenvalue weighted by atomic mass is 9.84.